The van der Waals surface area contributed by atoms with Crippen LogP contribution in [0.25, 0.3) is 10.2 Å². The maximum atomic E-state index is 13.2. The zero-order chi connectivity index (χ0) is 22.4. The Morgan fingerprint density at radius 2 is 1.97 bits per heavy atom. The van der Waals surface area contributed by atoms with E-state index in [2.05, 4.69) is 33.2 Å². The third-order valence-electron chi connectivity index (χ3n) is 4.78. The van der Waals surface area contributed by atoms with E-state index in [0.717, 1.165) is 27.6 Å². The molecule has 0 spiro atoms. The molecular formula is C19H24F3N7OS. The van der Waals surface area contributed by atoms with Crippen molar-refractivity contribution in [3.63, 3.8) is 0 Å². The van der Waals surface area contributed by atoms with Gasteiger partial charge in [-0.15, -0.1) is 21.5 Å². The van der Waals surface area contributed by atoms with E-state index >= 15 is 0 Å². The quantitative estimate of drug-likeness (QED) is 0.609. The predicted octanol–water partition coefficient (Wildman–Crippen LogP) is 3.39. The molecule has 1 aliphatic rings. The lowest BCUT2D eigenvalue weighted by Crippen LogP contribution is -2.39. The van der Waals surface area contributed by atoms with Gasteiger partial charge in [-0.3, -0.25) is 0 Å². The highest BCUT2D eigenvalue weighted by atomic mass is 32.1. The van der Waals surface area contributed by atoms with Gasteiger partial charge in [0, 0.05) is 23.5 Å². The number of thiophene rings is 1. The van der Waals surface area contributed by atoms with E-state index in [9.17, 15) is 13.2 Å². The van der Waals surface area contributed by atoms with Gasteiger partial charge in [0.05, 0.1) is 11.9 Å². The van der Waals surface area contributed by atoms with E-state index in [1.54, 1.807) is 11.3 Å². The van der Waals surface area contributed by atoms with Crippen LogP contribution in [0.4, 0.5) is 19.0 Å². The van der Waals surface area contributed by atoms with Crippen LogP contribution < -0.4 is 15.4 Å². The Morgan fingerprint density at radius 3 is 2.65 bits per heavy atom. The molecule has 0 aliphatic carbocycles. The third kappa shape index (κ3) is 4.59. The summed E-state index contributed by atoms with van der Waals surface area (Å²) in [7, 11) is 0. The summed E-state index contributed by atoms with van der Waals surface area (Å²) in [6, 6.07) is 2.25. The van der Waals surface area contributed by atoms with Crippen LogP contribution in [-0.4, -0.2) is 43.4 Å². The van der Waals surface area contributed by atoms with Crippen molar-refractivity contribution < 1.29 is 17.9 Å². The number of halogens is 3. The molecule has 4 heterocycles. The first kappa shape index (κ1) is 21.8. The van der Waals surface area contributed by atoms with Gasteiger partial charge < -0.3 is 19.9 Å². The summed E-state index contributed by atoms with van der Waals surface area (Å²) < 4.78 is 46.4. The number of anilines is 1. The molecule has 0 amide bonds. The average Bonchev–Trinajstić information content (AvgIpc) is 3.28. The molecule has 12 heteroatoms. The Kier molecular flexibility index (Phi) is 5.54. The van der Waals surface area contributed by atoms with Gasteiger partial charge in [-0.25, -0.2) is 0 Å². The topological polar surface area (TPSA) is 95.0 Å². The van der Waals surface area contributed by atoms with Crippen molar-refractivity contribution in [3.05, 3.63) is 22.6 Å². The summed E-state index contributed by atoms with van der Waals surface area (Å²) >= 11 is 1.57. The van der Waals surface area contributed by atoms with Crippen LogP contribution in [0.1, 0.15) is 43.7 Å². The minimum absolute atomic E-state index is 0.112. The molecule has 8 nitrogen and oxygen atoms in total. The minimum atomic E-state index is -4.53. The molecule has 3 aromatic heterocycles. The summed E-state index contributed by atoms with van der Waals surface area (Å²) in [4.78, 5) is 13.0. The molecule has 0 fully saturated rings. The molecule has 168 valence electrons. The smallest absolute Gasteiger partial charge is 0.451 e. The highest BCUT2D eigenvalue weighted by Gasteiger charge is 2.39. The van der Waals surface area contributed by atoms with Crippen LogP contribution in [0.3, 0.4) is 0 Å². The van der Waals surface area contributed by atoms with E-state index in [0.29, 0.717) is 12.4 Å². The predicted molar refractivity (Wildman–Crippen MR) is 111 cm³/mol. The van der Waals surface area contributed by atoms with Crippen LogP contribution in [-0.2, 0) is 25.7 Å². The van der Waals surface area contributed by atoms with Crippen molar-refractivity contribution in [2.45, 2.75) is 58.4 Å². The third-order valence-corrected chi connectivity index (χ3v) is 5.87. The maximum Gasteiger partial charge on any atom is 0.451 e. The SMILES string of the molecule is CCCc1cc2c(N3CCn4c(nnc4C(F)(F)F)C3)nc(OCC(C)(C)N)nc2s1. The molecule has 0 aromatic carbocycles. The number of hydrogen-bond acceptors (Lipinski definition) is 8. The monoisotopic (exact) mass is 455 g/mol. The van der Waals surface area contributed by atoms with Gasteiger partial charge in [0.2, 0.25) is 5.82 Å². The first-order valence-electron chi connectivity index (χ1n) is 10.0. The van der Waals surface area contributed by atoms with Gasteiger partial charge in [0.1, 0.15) is 17.3 Å². The average molecular weight is 456 g/mol. The Bertz CT molecular complexity index is 1090. The van der Waals surface area contributed by atoms with Gasteiger partial charge in [-0.05, 0) is 26.3 Å². The molecule has 1 aliphatic heterocycles. The number of hydrogen-bond donors (Lipinski definition) is 1. The molecule has 4 rings (SSSR count). The molecule has 2 N–H and O–H groups in total. The molecule has 0 saturated heterocycles. The zero-order valence-corrected chi connectivity index (χ0v) is 18.3. The second-order valence-corrected chi connectivity index (χ2v) is 9.41. The fourth-order valence-electron chi connectivity index (χ4n) is 3.41. The number of nitrogens with zero attached hydrogens (tertiary/aromatic N) is 6. The van der Waals surface area contributed by atoms with Gasteiger partial charge in [-0.1, -0.05) is 13.3 Å². The van der Waals surface area contributed by atoms with Crippen LogP contribution >= 0.6 is 11.3 Å². The van der Waals surface area contributed by atoms with E-state index in [-0.39, 0.29) is 31.5 Å². The molecule has 0 unspecified atom stereocenters. The van der Waals surface area contributed by atoms with Crippen LogP contribution in [0, 0.1) is 0 Å². The van der Waals surface area contributed by atoms with Crippen molar-refractivity contribution >= 4 is 27.4 Å². The summed E-state index contributed by atoms with van der Waals surface area (Å²) in [5, 5.41) is 7.98. The van der Waals surface area contributed by atoms with Crippen molar-refractivity contribution in [3.8, 4) is 6.01 Å². The summed E-state index contributed by atoms with van der Waals surface area (Å²) in [5.41, 5.74) is 5.45. The molecule has 0 atom stereocenters. The Labute approximate surface area is 181 Å². The molecule has 0 saturated carbocycles. The fourth-order valence-corrected chi connectivity index (χ4v) is 4.53. The van der Waals surface area contributed by atoms with E-state index < -0.39 is 17.5 Å². The second-order valence-electron chi connectivity index (χ2n) is 8.30. The highest BCUT2D eigenvalue weighted by molar-refractivity contribution is 7.18. The minimum Gasteiger partial charge on any atom is -0.461 e. The van der Waals surface area contributed by atoms with Crippen LogP contribution in [0.15, 0.2) is 6.07 Å². The number of alkyl halides is 3. The molecule has 0 radical (unpaired) electrons. The van der Waals surface area contributed by atoms with Gasteiger partial charge in [0.25, 0.3) is 0 Å². The van der Waals surface area contributed by atoms with Crippen molar-refractivity contribution in [1.82, 2.24) is 24.7 Å². The van der Waals surface area contributed by atoms with Gasteiger partial charge in [0.15, 0.2) is 5.82 Å². The normalized spacial score (nSPS) is 14.9. The first-order valence-corrected chi connectivity index (χ1v) is 10.8. The lowest BCUT2D eigenvalue weighted by molar-refractivity contribution is -0.147. The summed E-state index contributed by atoms with van der Waals surface area (Å²) in [6.45, 7) is 6.62. The van der Waals surface area contributed by atoms with E-state index in [1.807, 2.05) is 18.7 Å². The second kappa shape index (κ2) is 7.90. The molecular weight excluding hydrogens is 431 g/mol. The number of rotatable bonds is 6. The number of aromatic nitrogens is 5. The van der Waals surface area contributed by atoms with Crippen LogP contribution in [0.5, 0.6) is 6.01 Å². The molecule has 0 bridgehead atoms. The van der Waals surface area contributed by atoms with Crippen molar-refractivity contribution in [2.75, 3.05) is 18.1 Å². The highest BCUT2D eigenvalue weighted by Crippen LogP contribution is 2.36. The Morgan fingerprint density at radius 1 is 1.19 bits per heavy atom. The number of fused-ring (bicyclic) bond motifs is 2. The Hall–Kier alpha value is -2.47. The van der Waals surface area contributed by atoms with Crippen LogP contribution in [0.2, 0.25) is 0 Å². The number of ether oxygens (including phenoxy) is 1. The fraction of sp³-hybridized carbons (Fsp3) is 0.579. The summed E-state index contributed by atoms with van der Waals surface area (Å²) in [6.07, 6.45) is -2.63. The number of nitrogens with two attached hydrogens (primary N) is 1. The Balaban J connectivity index is 1.70. The molecule has 31 heavy (non-hydrogen) atoms. The standard InChI is InChI=1S/C19H24F3N7OS/c1-4-5-11-8-12-14(24-17(25-15(12)31-11)30-10-18(2,3)23)28-6-7-29-13(9-28)26-27-16(29)19(20,21)22/h8H,4-7,9-10,23H2,1-3H3. The maximum absolute atomic E-state index is 13.2. The van der Waals surface area contributed by atoms with Gasteiger partial charge in [-0.2, -0.15) is 23.1 Å². The first-order chi connectivity index (χ1) is 14.5. The summed E-state index contributed by atoms with van der Waals surface area (Å²) in [5.74, 6) is -0.0962. The van der Waals surface area contributed by atoms with Crippen molar-refractivity contribution in [2.24, 2.45) is 5.73 Å². The lowest BCUT2D eigenvalue weighted by atomic mass is 10.1. The van der Waals surface area contributed by atoms with E-state index in [1.165, 1.54) is 4.88 Å². The van der Waals surface area contributed by atoms with E-state index in [4.69, 9.17) is 10.5 Å². The lowest BCUT2D eigenvalue weighted by Gasteiger charge is -2.29. The largest absolute Gasteiger partial charge is 0.461 e. The number of aryl methyl sites for hydroxylation is 1. The van der Waals surface area contributed by atoms with Crippen molar-refractivity contribution in [1.29, 1.82) is 0 Å². The van der Waals surface area contributed by atoms with Gasteiger partial charge >= 0.3 is 12.2 Å². The molecule has 3 aromatic rings. The zero-order valence-electron chi connectivity index (χ0n) is 17.5.